The molecule has 0 spiro atoms. The van der Waals surface area contributed by atoms with Crippen molar-refractivity contribution < 1.29 is 9.32 Å². The average molecular weight is 347 g/mol. The molecule has 2 aromatic heterocycles. The Kier molecular flexibility index (Phi) is 4.18. The Hall–Kier alpha value is -3.48. The summed E-state index contributed by atoms with van der Waals surface area (Å²) in [5.74, 6) is 1.11. The van der Waals surface area contributed by atoms with Gasteiger partial charge in [-0.3, -0.25) is 4.79 Å². The summed E-state index contributed by atoms with van der Waals surface area (Å²) in [6.45, 7) is 3.21. The number of rotatable bonds is 5. The van der Waals surface area contributed by atoms with Crippen LogP contribution in [0, 0.1) is 0 Å². The van der Waals surface area contributed by atoms with Gasteiger partial charge in [0, 0.05) is 17.7 Å². The molecule has 2 heterocycles. The highest BCUT2D eigenvalue weighted by Gasteiger charge is 2.12. The molecule has 0 unspecified atom stereocenters. The number of nitrogens with zero attached hydrogens (tertiary/aromatic N) is 4. The summed E-state index contributed by atoms with van der Waals surface area (Å²) in [6.07, 6.45) is 1.26. The molecule has 1 amide bonds. The standard InChI is InChI=1S/C19H17N5O2/c1-2-24-16-9-4-3-8-15(16)22-17(24)11-20-19(25)14-7-5-6-13(10-14)18-21-12-26-23-18/h3-10,12H,2,11H2,1H3,(H,20,25). The SMILES string of the molecule is CCn1c(CNC(=O)c2cccc(-c3ncon3)c2)nc2ccccc21. The Bertz CT molecular complexity index is 1050. The first-order chi connectivity index (χ1) is 12.8. The molecule has 26 heavy (non-hydrogen) atoms. The molecule has 4 rings (SSSR count). The zero-order valence-electron chi connectivity index (χ0n) is 14.2. The summed E-state index contributed by atoms with van der Waals surface area (Å²) in [5, 5.41) is 6.73. The summed E-state index contributed by atoms with van der Waals surface area (Å²) in [4.78, 5) is 21.2. The summed E-state index contributed by atoms with van der Waals surface area (Å²) >= 11 is 0. The van der Waals surface area contributed by atoms with Crippen molar-refractivity contribution in [1.82, 2.24) is 25.0 Å². The number of fused-ring (bicyclic) bond motifs is 1. The zero-order chi connectivity index (χ0) is 17.9. The normalized spacial score (nSPS) is 11.0. The third-order valence-corrected chi connectivity index (χ3v) is 4.20. The molecule has 0 radical (unpaired) electrons. The number of hydrogen-bond acceptors (Lipinski definition) is 5. The van der Waals surface area contributed by atoms with Gasteiger partial charge in [0.25, 0.3) is 5.91 Å². The molecule has 0 aliphatic heterocycles. The van der Waals surface area contributed by atoms with Crippen LogP contribution >= 0.6 is 0 Å². The number of para-hydroxylation sites is 2. The smallest absolute Gasteiger partial charge is 0.251 e. The minimum Gasteiger partial charge on any atom is -0.345 e. The molecule has 1 N–H and O–H groups in total. The van der Waals surface area contributed by atoms with E-state index in [2.05, 4.69) is 31.9 Å². The highest BCUT2D eigenvalue weighted by atomic mass is 16.5. The number of carbonyl (C=O) groups is 1. The van der Waals surface area contributed by atoms with Crippen LogP contribution in [0.4, 0.5) is 0 Å². The second kappa shape index (κ2) is 6.79. The van der Waals surface area contributed by atoms with Crippen LogP contribution in [0.25, 0.3) is 22.4 Å². The van der Waals surface area contributed by atoms with Gasteiger partial charge in [-0.1, -0.05) is 29.4 Å². The van der Waals surface area contributed by atoms with E-state index >= 15 is 0 Å². The minimum atomic E-state index is -0.176. The molecule has 0 fully saturated rings. The third kappa shape index (κ3) is 2.95. The van der Waals surface area contributed by atoms with Gasteiger partial charge in [-0.2, -0.15) is 4.98 Å². The highest BCUT2D eigenvalue weighted by molar-refractivity contribution is 5.95. The first-order valence-corrected chi connectivity index (χ1v) is 8.35. The van der Waals surface area contributed by atoms with Gasteiger partial charge in [-0.15, -0.1) is 0 Å². The van der Waals surface area contributed by atoms with E-state index in [0.29, 0.717) is 17.9 Å². The van der Waals surface area contributed by atoms with E-state index < -0.39 is 0 Å². The molecular formula is C19H17N5O2. The largest absolute Gasteiger partial charge is 0.345 e. The highest BCUT2D eigenvalue weighted by Crippen LogP contribution is 2.17. The number of amides is 1. The number of aromatic nitrogens is 4. The molecule has 130 valence electrons. The summed E-state index contributed by atoms with van der Waals surface area (Å²) in [5.41, 5.74) is 3.26. The van der Waals surface area contributed by atoms with Crippen LogP contribution in [-0.4, -0.2) is 25.6 Å². The fraction of sp³-hybridized carbons (Fsp3) is 0.158. The number of aryl methyl sites for hydroxylation is 1. The number of imidazole rings is 1. The van der Waals surface area contributed by atoms with E-state index in [1.54, 1.807) is 18.2 Å². The third-order valence-electron chi connectivity index (χ3n) is 4.20. The lowest BCUT2D eigenvalue weighted by Gasteiger charge is -2.08. The van der Waals surface area contributed by atoms with Gasteiger partial charge in [0.1, 0.15) is 5.82 Å². The molecule has 0 aliphatic rings. The number of nitrogens with one attached hydrogen (secondary N) is 1. The molecule has 2 aromatic carbocycles. The Morgan fingerprint density at radius 2 is 2.08 bits per heavy atom. The predicted molar refractivity (Wildman–Crippen MR) is 96.3 cm³/mol. The number of carbonyl (C=O) groups excluding carboxylic acids is 1. The van der Waals surface area contributed by atoms with E-state index in [-0.39, 0.29) is 5.91 Å². The Morgan fingerprint density at radius 1 is 1.19 bits per heavy atom. The number of benzene rings is 2. The molecule has 4 aromatic rings. The van der Waals surface area contributed by atoms with Gasteiger partial charge in [0.15, 0.2) is 0 Å². The van der Waals surface area contributed by atoms with Crippen molar-refractivity contribution in [3.05, 3.63) is 66.3 Å². The second-order valence-electron chi connectivity index (χ2n) is 5.78. The maximum atomic E-state index is 12.5. The van der Waals surface area contributed by atoms with Gasteiger partial charge in [0.05, 0.1) is 17.6 Å². The lowest BCUT2D eigenvalue weighted by molar-refractivity contribution is 0.0949. The van der Waals surface area contributed by atoms with Gasteiger partial charge in [-0.25, -0.2) is 4.98 Å². The summed E-state index contributed by atoms with van der Waals surface area (Å²) in [6, 6.07) is 15.1. The lowest BCUT2D eigenvalue weighted by atomic mass is 10.1. The molecule has 7 heteroatoms. The molecular weight excluding hydrogens is 330 g/mol. The first kappa shape index (κ1) is 16.0. The monoisotopic (exact) mass is 347 g/mol. The van der Waals surface area contributed by atoms with Crippen molar-refractivity contribution in [2.24, 2.45) is 0 Å². The van der Waals surface area contributed by atoms with Crippen LogP contribution in [0.15, 0.2) is 59.4 Å². The van der Waals surface area contributed by atoms with E-state index in [1.807, 2.05) is 30.3 Å². The van der Waals surface area contributed by atoms with Gasteiger partial charge in [-0.05, 0) is 31.2 Å². The second-order valence-corrected chi connectivity index (χ2v) is 5.78. The zero-order valence-corrected chi connectivity index (χ0v) is 14.2. The van der Waals surface area contributed by atoms with Crippen LogP contribution < -0.4 is 5.32 Å². The predicted octanol–water partition coefficient (Wildman–Crippen LogP) is 3.04. The van der Waals surface area contributed by atoms with Crippen molar-refractivity contribution >= 4 is 16.9 Å². The molecule has 0 saturated carbocycles. The van der Waals surface area contributed by atoms with Crippen molar-refractivity contribution in [2.45, 2.75) is 20.0 Å². The fourth-order valence-corrected chi connectivity index (χ4v) is 2.97. The minimum absolute atomic E-state index is 0.176. The van der Waals surface area contributed by atoms with Crippen LogP contribution in [0.5, 0.6) is 0 Å². The molecule has 0 saturated heterocycles. The van der Waals surface area contributed by atoms with Gasteiger partial charge >= 0.3 is 0 Å². The molecule has 7 nitrogen and oxygen atoms in total. The maximum absolute atomic E-state index is 12.5. The van der Waals surface area contributed by atoms with Crippen molar-refractivity contribution in [3.8, 4) is 11.4 Å². The van der Waals surface area contributed by atoms with Crippen LogP contribution in [0.1, 0.15) is 23.1 Å². The molecule has 0 bridgehead atoms. The van der Waals surface area contributed by atoms with Crippen LogP contribution in [-0.2, 0) is 13.1 Å². The average Bonchev–Trinajstić information content (AvgIpc) is 3.33. The van der Waals surface area contributed by atoms with E-state index in [9.17, 15) is 4.79 Å². The van der Waals surface area contributed by atoms with Gasteiger partial charge < -0.3 is 14.4 Å². The van der Waals surface area contributed by atoms with Crippen molar-refractivity contribution in [1.29, 1.82) is 0 Å². The van der Waals surface area contributed by atoms with Crippen molar-refractivity contribution in [3.63, 3.8) is 0 Å². The summed E-state index contributed by atoms with van der Waals surface area (Å²) < 4.78 is 6.86. The summed E-state index contributed by atoms with van der Waals surface area (Å²) in [7, 11) is 0. The van der Waals surface area contributed by atoms with E-state index in [1.165, 1.54) is 6.39 Å². The Balaban J connectivity index is 1.54. The molecule has 0 aliphatic carbocycles. The first-order valence-electron chi connectivity index (χ1n) is 8.35. The van der Waals surface area contributed by atoms with Gasteiger partial charge in [0.2, 0.25) is 12.2 Å². The topological polar surface area (TPSA) is 85.8 Å². The molecule has 0 atom stereocenters. The quantitative estimate of drug-likeness (QED) is 0.600. The Morgan fingerprint density at radius 3 is 2.88 bits per heavy atom. The van der Waals surface area contributed by atoms with Crippen molar-refractivity contribution in [2.75, 3.05) is 0 Å². The fourth-order valence-electron chi connectivity index (χ4n) is 2.97. The maximum Gasteiger partial charge on any atom is 0.251 e. The van der Waals surface area contributed by atoms with E-state index in [4.69, 9.17) is 4.52 Å². The number of hydrogen-bond donors (Lipinski definition) is 1. The van der Waals surface area contributed by atoms with Crippen LogP contribution in [0.2, 0.25) is 0 Å². The van der Waals surface area contributed by atoms with E-state index in [0.717, 1.165) is 29.0 Å². The lowest BCUT2D eigenvalue weighted by Crippen LogP contribution is -2.24. The Labute approximate surface area is 149 Å². The van der Waals surface area contributed by atoms with Crippen LogP contribution in [0.3, 0.4) is 0 Å².